The third-order valence-electron chi connectivity index (χ3n) is 25.5. The summed E-state index contributed by atoms with van der Waals surface area (Å²) in [5.74, 6) is 7.22. The van der Waals surface area contributed by atoms with E-state index in [0.717, 1.165) is 0 Å². The predicted octanol–water partition coefficient (Wildman–Crippen LogP) is 29.1. The van der Waals surface area contributed by atoms with Gasteiger partial charge in [-0.2, -0.15) is 0 Å². The molecule has 0 N–H and O–H groups in total. The van der Waals surface area contributed by atoms with E-state index in [2.05, 4.69) is 11.2 Å². The van der Waals surface area contributed by atoms with Crippen LogP contribution in [0, 0.1) is 0 Å². The molecule has 12 aromatic carbocycles. The van der Waals surface area contributed by atoms with E-state index in [0.29, 0.717) is 390 Å². The quantitative estimate of drug-likeness (QED) is 0.128. The zero-order valence-electron chi connectivity index (χ0n) is 71.2. The minimum absolute atomic E-state index is 0.295. The van der Waals surface area contributed by atoms with Crippen molar-refractivity contribution in [2.45, 2.75) is 0 Å². The third kappa shape index (κ3) is 14.6. The van der Waals surface area contributed by atoms with E-state index >= 15 is 0 Å². The Hall–Kier alpha value is -7.92. The summed E-state index contributed by atoms with van der Waals surface area (Å²) in [7, 11) is 0. The maximum absolute atomic E-state index is 7.00. The average molecular weight is 2720 g/mol. The average Bonchev–Trinajstić information content (AvgIpc) is 1.55. The molecule has 0 saturated heterocycles. The second kappa shape index (κ2) is 35.3. The summed E-state index contributed by atoms with van der Waals surface area (Å²) in [6.07, 6.45) is 0. The third-order valence-corrected chi connectivity index (χ3v) is 44.3. The Kier molecular flexibility index (Phi) is 23.1. The van der Waals surface area contributed by atoms with Crippen molar-refractivity contribution in [3.63, 3.8) is 0 Å². The van der Waals surface area contributed by atoms with E-state index in [9.17, 15) is 0 Å². The standard InChI is InChI=1S/3C32H8Cl8N8.3Sn/c33-17-1-9-10(2-18(17)34)26-41-25(9)45-27-11-3-19(35)20(36)4-12(11)29(42-27)47-31-15-7-23(39)24(40)8-16(15)32(44-31)48-30-14-6-22(38)21(37)5-13(14)28(43-30)46-26;33-13-1-2-14(34)22-21(13)29-43-25-9-5-17(37)18(38)6-10(9)27(41-25)45-31-23-15(35)3-4-16(36)24(23)32(48-31)46-28-12-8-20(40)19(39)7-11(12)26(42-28)44-30(22)47-29;33-9-1-2-10(34)18-17(9)25-41-26(18)46-28-21-13(37)5-6-14(38)22(21)30(43-28)48-32-24-16(40)8-7-15(39)23(24)31(44-32)47-29-20-12(36)4-3-11(35)19(20)27(42-29)45-25;;;/h3*1-8H;;;/q3*-2;3*+2. The SMILES string of the molecule is Clc1cc2c(cc1Cl)C1=Nc3c4cc(Cl)c(Cl)cc4c4[n]3[Sn][n]3c(c5cc(Cl)c(Cl)cc5c3=NC3=NC(=N4)c4cc(Cl)c(Cl)cc43)=NC2=N1.Clc1cc2c3[n]4c(c2cc1Cl)N=C1N=C(N=c2c5cc(Cl)c(Cl)cc5c([n]2[Sn]4)=NC2=NC(=N3)c3c(Cl)ccc(Cl)c32)c2c(Cl)ccc(Cl)c21.Clc1ccc(Cl)c2c1C1=NC2=Nc2c3c(Cl)ccc(Cl)c3c3[n]2[Sn][n]2c(c4c(Cl)ccc(Cl)c4c2=NC2=NC(=N3)c3c(Cl)ccc(Cl)c32)=N1. The number of halogens is 24. The van der Waals surface area contributed by atoms with Crippen LogP contribution >= 0.6 is 278 Å². The zero-order valence-corrected chi connectivity index (χ0v) is 97.9. The Morgan fingerprint density at radius 1 is 0.136 bits per heavy atom. The van der Waals surface area contributed by atoms with Gasteiger partial charge in [-0.15, -0.1) is 0 Å². The van der Waals surface area contributed by atoms with E-state index in [1.165, 1.54) is 0 Å². The zero-order chi connectivity index (χ0) is 101. The molecule has 18 heterocycles. The van der Waals surface area contributed by atoms with Gasteiger partial charge in [0.05, 0.1) is 0 Å². The fourth-order valence-corrected chi connectivity index (χ4v) is 34.7. The van der Waals surface area contributed by atoms with E-state index in [1.54, 1.807) is 146 Å². The number of nitrogens with zero attached hydrogens (tertiary/aromatic N) is 24. The van der Waals surface area contributed by atoms with Gasteiger partial charge < -0.3 is 0 Å². The van der Waals surface area contributed by atoms with Crippen molar-refractivity contribution in [2.75, 3.05) is 0 Å². The fourth-order valence-electron chi connectivity index (χ4n) is 19.1. The van der Waals surface area contributed by atoms with Crippen molar-refractivity contribution >= 4 is 513 Å². The molecular formula is C96H24Cl24N24Sn3. The molecule has 0 aliphatic carbocycles. The Morgan fingerprint density at radius 3 is 0.551 bits per heavy atom. The summed E-state index contributed by atoms with van der Waals surface area (Å²) >= 11 is 155. The Bertz CT molecular complexity index is 10000. The first-order valence-electron chi connectivity index (χ1n) is 42.5. The first kappa shape index (κ1) is 96.1. The second-order valence-corrected chi connectivity index (χ2v) is 52.8. The van der Waals surface area contributed by atoms with Crippen molar-refractivity contribution in [3.8, 4) is 0 Å². The molecule has 0 saturated carbocycles. The summed E-state index contributed by atoms with van der Waals surface area (Å²) < 4.78 is 12.3. The van der Waals surface area contributed by atoms with Gasteiger partial charge in [0.15, 0.2) is 0 Å². The van der Waals surface area contributed by atoms with Gasteiger partial charge in [0.25, 0.3) is 0 Å². The van der Waals surface area contributed by atoms with Gasteiger partial charge >= 0.3 is 985 Å². The topological polar surface area (TPSA) is 252 Å². The van der Waals surface area contributed by atoms with Crippen molar-refractivity contribution in [3.05, 3.63) is 366 Å². The van der Waals surface area contributed by atoms with Crippen LogP contribution in [0.25, 0.3) is 64.6 Å². The molecule has 6 radical (unpaired) electrons. The number of hydrogen-bond acceptors (Lipinski definition) is 18. The van der Waals surface area contributed by atoms with E-state index in [-0.39, 0.29) is 0 Å². The van der Waals surface area contributed by atoms with Gasteiger partial charge in [-0.3, -0.25) is 0 Å². The van der Waals surface area contributed by atoms with Crippen LogP contribution < -0.4 is 32.9 Å². The number of hydrogen-bond donors (Lipinski definition) is 0. The van der Waals surface area contributed by atoms with E-state index in [1.807, 2.05) is 5.58 Å². The maximum atomic E-state index is 7.00. The molecule has 0 amide bonds. The second-order valence-electron chi connectivity index (χ2n) is 33.6. The van der Waals surface area contributed by atoms with Gasteiger partial charge in [-0.05, 0) is 0 Å². The minimum atomic E-state index is -2.23. The molecule has 51 heteroatoms. The molecule has 0 spiro atoms. The molecule has 147 heavy (non-hydrogen) atoms. The van der Waals surface area contributed by atoms with Crippen LogP contribution in [-0.4, -0.2) is 152 Å². The van der Waals surface area contributed by atoms with Crippen LogP contribution in [0.1, 0.15) is 66.8 Å². The fraction of sp³-hybridized carbons (Fsp3) is 0. The first-order chi connectivity index (χ1) is 70.7. The number of amidine groups is 12. The molecule has 18 bridgehead atoms. The van der Waals surface area contributed by atoms with Crippen molar-refractivity contribution in [2.24, 2.45) is 89.9 Å². The number of aromatic nitrogens is 6. The molecule has 0 unspecified atom stereocenters. The van der Waals surface area contributed by atoms with Crippen molar-refractivity contribution < 1.29 is 0 Å². The van der Waals surface area contributed by atoms with E-state index < -0.39 is 65.1 Å². The van der Waals surface area contributed by atoms with Gasteiger partial charge in [-0.1, -0.05) is 0 Å². The predicted molar refractivity (Wildman–Crippen MR) is 604 cm³/mol. The molecule has 708 valence electrons. The molecule has 24 nitrogen and oxygen atoms in total. The molecule has 6 aromatic heterocycles. The van der Waals surface area contributed by atoms with Crippen LogP contribution in [-0.2, 0) is 0 Å². The number of benzene rings is 12. The van der Waals surface area contributed by atoms with Gasteiger partial charge in [0.2, 0.25) is 0 Å². The summed E-state index contributed by atoms with van der Waals surface area (Å²) in [6.45, 7) is 0. The summed E-state index contributed by atoms with van der Waals surface area (Å²) in [5.41, 5.74) is 10.1. The van der Waals surface area contributed by atoms with Gasteiger partial charge in [0.1, 0.15) is 0 Å². The van der Waals surface area contributed by atoms with Crippen molar-refractivity contribution in [1.82, 2.24) is 16.7 Å². The molecule has 12 aliphatic rings. The van der Waals surface area contributed by atoms with Crippen LogP contribution in [0.3, 0.4) is 0 Å². The van der Waals surface area contributed by atoms with Crippen molar-refractivity contribution in [1.29, 1.82) is 0 Å². The number of rotatable bonds is 0. The monoisotopic (exact) mass is 2710 g/mol. The first-order valence-corrected chi connectivity index (χ1v) is 59.2. The summed E-state index contributed by atoms with van der Waals surface area (Å²) in [6, 6.07) is 41.7. The molecule has 0 atom stereocenters. The summed E-state index contributed by atoms with van der Waals surface area (Å²) in [4.78, 5) is 91.4. The van der Waals surface area contributed by atoms with E-state index in [4.69, 9.17) is 368 Å². The van der Waals surface area contributed by atoms with Crippen LogP contribution in [0.4, 0.5) is 34.9 Å². The number of aliphatic imine (C=N–C) groups is 12. The van der Waals surface area contributed by atoms with Crippen LogP contribution in [0.2, 0.25) is 121 Å². The molecule has 30 rings (SSSR count). The van der Waals surface area contributed by atoms with Gasteiger partial charge in [0, 0.05) is 0 Å². The van der Waals surface area contributed by atoms with Crippen LogP contribution in [0.5, 0.6) is 0 Å². The van der Waals surface area contributed by atoms with Crippen LogP contribution in [0.15, 0.2) is 235 Å². The Labute approximate surface area is 973 Å². The normalized spacial score (nSPS) is 15.3. The molecule has 18 aromatic rings. The van der Waals surface area contributed by atoms with Gasteiger partial charge in [-0.25, -0.2) is 0 Å². The molecular weight excluding hydrogens is 2700 g/mol. The molecule has 12 aliphatic heterocycles. The Morgan fingerprint density at radius 2 is 0.299 bits per heavy atom. The molecule has 0 fully saturated rings. The number of fused-ring (bicyclic) bond motifs is 42. The summed E-state index contributed by atoms with van der Waals surface area (Å²) in [5, 5.41) is 16.9. The Balaban J connectivity index is 0.000000107.